The molecule has 0 heterocycles. The zero-order chi connectivity index (χ0) is 29.9. The summed E-state index contributed by atoms with van der Waals surface area (Å²) in [7, 11) is 9.79. The Bertz CT molecular complexity index is 1310. The van der Waals surface area contributed by atoms with Crippen molar-refractivity contribution >= 4 is 29.7 Å². The molecule has 0 bridgehead atoms. The zero-order valence-electron chi connectivity index (χ0n) is 24.7. The number of nitrogens with zero attached hydrogens (tertiary/aromatic N) is 3. The number of non-ortho nitro benzene ring substituents is 1. The topological polar surface area (TPSA) is 113 Å². The molecule has 11 nitrogen and oxygen atoms in total. The van der Waals surface area contributed by atoms with Gasteiger partial charge >= 0.3 is 0 Å². The SMILES string of the molecule is COc1ccc(CCN(C)CCCN(C(=O)c2ccc([N+](=O)[O-])cc2)c2cc(OC)c(OC)c(OC)c2)cc1OC.Cl. The smallest absolute Gasteiger partial charge is 0.269 e. The highest BCUT2D eigenvalue weighted by Gasteiger charge is 2.23. The normalized spacial score (nSPS) is 10.5. The van der Waals surface area contributed by atoms with Crippen molar-refractivity contribution in [3.63, 3.8) is 0 Å². The van der Waals surface area contributed by atoms with Gasteiger partial charge in [-0.25, -0.2) is 0 Å². The van der Waals surface area contributed by atoms with Crippen LogP contribution in [-0.2, 0) is 6.42 Å². The fraction of sp³-hybridized carbons (Fsp3) is 0.367. The summed E-state index contributed by atoms with van der Waals surface area (Å²) in [6.07, 6.45) is 1.48. The van der Waals surface area contributed by atoms with Crippen molar-refractivity contribution in [3.8, 4) is 28.7 Å². The van der Waals surface area contributed by atoms with E-state index in [0.29, 0.717) is 53.0 Å². The third kappa shape index (κ3) is 8.40. The lowest BCUT2D eigenvalue weighted by atomic mass is 10.1. The molecule has 42 heavy (non-hydrogen) atoms. The number of ether oxygens (including phenoxy) is 5. The summed E-state index contributed by atoms with van der Waals surface area (Å²) in [6.45, 7) is 1.91. The number of benzene rings is 3. The van der Waals surface area contributed by atoms with E-state index in [1.54, 1.807) is 31.3 Å². The molecule has 0 saturated heterocycles. The van der Waals surface area contributed by atoms with E-state index in [1.807, 2.05) is 25.2 Å². The van der Waals surface area contributed by atoms with E-state index in [1.165, 1.54) is 45.6 Å². The highest BCUT2D eigenvalue weighted by atomic mass is 35.5. The largest absolute Gasteiger partial charge is 0.493 e. The summed E-state index contributed by atoms with van der Waals surface area (Å²) >= 11 is 0. The molecule has 0 saturated carbocycles. The lowest BCUT2D eigenvalue weighted by Crippen LogP contribution is -2.34. The molecular formula is C30H38ClN3O8. The van der Waals surface area contributed by atoms with Crippen molar-refractivity contribution in [3.05, 3.63) is 75.8 Å². The number of rotatable bonds is 15. The second kappa shape index (κ2) is 16.3. The summed E-state index contributed by atoms with van der Waals surface area (Å²) in [6, 6.07) is 14.9. The molecule has 0 radical (unpaired) electrons. The molecule has 0 fully saturated rings. The first kappa shape index (κ1) is 34.0. The van der Waals surface area contributed by atoms with Crippen molar-refractivity contribution in [2.24, 2.45) is 0 Å². The molecule has 0 atom stereocenters. The first-order valence-corrected chi connectivity index (χ1v) is 13.0. The maximum absolute atomic E-state index is 13.7. The van der Waals surface area contributed by atoms with Crippen LogP contribution in [0.15, 0.2) is 54.6 Å². The summed E-state index contributed by atoms with van der Waals surface area (Å²) in [5, 5.41) is 11.1. The Labute approximate surface area is 252 Å². The molecule has 3 aromatic carbocycles. The summed E-state index contributed by atoms with van der Waals surface area (Å²) in [5.74, 6) is 2.32. The number of amides is 1. The minimum atomic E-state index is -0.497. The van der Waals surface area contributed by atoms with Crippen LogP contribution in [0.2, 0.25) is 0 Å². The molecule has 3 aromatic rings. The number of carbonyl (C=O) groups excluding carboxylic acids is 1. The number of nitro benzene ring substituents is 1. The van der Waals surface area contributed by atoms with Gasteiger partial charge in [-0.3, -0.25) is 14.9 Å². The molecule has 0 aliphatic rings. The number of methoxy groups -OCH3 is 5. The average molecular weight is 604 g/mol. The van der Waals surface area contributed by atoms with Crippen LogP contribution in [0.5, 0.6) is 28.7 Å². The van der Waals surface area contributed by atoms with E-state index >= 15 is 0 Å². The fourth-order valence-electron chi connectivity index (χ4n) is 4.42. The molecule has 0 aliphatic carbocycles. The van der Waals surface area contributed by atoms with Crippen LogP contribution in [0.3, 0.4) is 0 Å². The maximum Gasteiger partial charge on any atom is 0.269 e. The third-order valence-corrected chi connectivity index (χ3v) is 6.68. The highest BCUT2D eigenvalue weighted by Crippen LogP contribution is 2.41. The molecule has 0 spiro atoms. The number of carbonyl (C=O) groups is 1. The van der Waals surface area contributed by atoms with Gasteiger partial charge < -0.3 is 33.5 Å². The van der Waals surface area contributed by atoms with Gasteiger partial charge in [-0.15, -0.1) is 12.4 Å². The monoisotopic (exact) mass is 603 g/mol. The highest BCUT2D eigenvalue weighted by molar-refractivity contribution is 6.06. The van der Waals surface area contributed by atoms with Crippen LogP contribution in [-0.4, -0.2) is 78.0 Å². The Morgan fingerprint density at radius 1 is 0.762 bits per heavy atom. The van der Waals surface area contributed by atoms with Crippen LogP contribution in [0.25, 0.3) is 0 Å². The van der Waals surface area contributed by atoms with Gasteiger partial charge in [0, 0.05) is 42.9 Å². The molecule has 228 valence electrons. The minimum absolute atomic E-state index is 0. The molecule has 0 aromatic heterocycles. The molecule has 3 rings (SSSR count). The van der Waals surface area contributed by atoms with Crippen molar-refractivity contribution in [2.75, 3.05) is 67.1 Å². The van der Waals surface area contributed by atoms with Crippen molar-refractivity contribution < 1.29 is 33.4 Å². The molecule has 1 amide bonds. The number of nitro groups is 1. The van der Waals surface area contributed by atoms with E-state index in [4.69, 9.17) is 23.7 Å². The van der Waals surface area contributed by atoms with Gasteiger partial charge in [0.05, 0.1) is 46.2 Å². The lowest BCUT2D eigenvalue weighted by Gasteiger charge is -2.26. The zero-order valence-corrected chi connectivity index (χ0v) is 25.6. The molecule has 12 heteroatoms. The Balaban J connectivity index is 0.00000616. The van der Waals surface area contributed by atoms with Crippen LogP contribution in [0, 0.1) is 10.1 Å². The lowest BCUT2D eigenvalue weighted by molar-refractivity contribution is -0.384. The molecule has 0 aliphatic heterocycles. The van der Waals surface area contributed by atoms with Gasteiger partial charge in [-0.1, -0.05) is 6.07 Å². The first-order valence-electron chi connectivity index (χ1n) is 13.0. The number of anilines is 1. The predicted molar refractivity (Wildman–Crippen MR) is 163 cm³/mol. The van der Waals surface area contributed by atoms with Gasteiger partial charge in [0.15, 0.2) is 23.0 Å². The summed E-state index contributed by atoms with van der Waals surface area (Å²) in [5.41, 5.74) is 1.92. The van der Waals surface area contributed by atoms with E-state index in [9.17, 15) is 14.9 Å². The Morgan fingerprint density at radius 3 is 1.88 bits per heavy atom. The van der Waals surface area contributed by atoms with Crippen LogP contribution in [0.1, 0.15) is 22.3 Å². The summed E-state index contributed by atoms with van der Waals surface area (Å²) < 4.78 is 27.2. The van der Waals surface area contributed by atoms with Gasteiger partial charge in [0.1, 0.15) is 0 Å². The van der Waals surface area contributed by atoms with Gasteiger partial charge in [-0.2, -0.15) is 0 Å². The number of hydrogen-bond donors (Lipinski definition) is 0. The second-order valence-electron chi connectivity index (χ2n) is 9.24. The average Bonchev–Trinajstić information content (AvgIpc) is 3.00. The predicted octanol–water partition coefficient (Wildman–Crippen LogP) is 5.27. The van der Waals surface area contributed by atoms with Gasteiger partial charge in [0.25, 0.3) is 11.6 Å². The van der Waals surface area contributed by atoms with Crippen LogP contribution in [0.4, 0.5) is 11.4 Å². The molecule has 0 N–H and O–H groups in total. The quantitative estimate of drug-likeness (QED) is 0.169. The second-order valence-corrected chi connectivity index (χ2v) is 9.24. The van der Waals surface area contributed by atoms with Crippen molar-refractivity contribution in [1.29, 1.82) is 0 Å². The van der Waals surface area contributed by atoms with E-state index in [0.717, 1.165) is 25.1 Å². The Kier molecular flexibility index (Phi) is 13.2. The number of likely N-dealkylation sites (N-methyl/N-ethyl adjacent to an activating group) is 1. The maximum atomic E-state index is 13.7. The number of hydrogen-bond acceptors (Lipinski definition) is 9. The molecule has 0 unspecified atom stereocenters. The molecular weight excluding hydrogens is 566 g/mol. The van der Waals surface area contributed by atoms with Gasteiger partial charge in [0.2, 0.25) is 5.75 Å². The van der Waals surface area contributed by atoms with Gasteiger partial charge in [-0.05, 0) is 56.3 Å². The first-order chi connectivity index (χ1) is 19.8. The minimum Gasteiger partial charge on any atom is -0.493 e. The van der Waals surface area contributed by atoms with E-state index < -0.39 is 4.92 Å². The Hall–Kier alpha value is -4.22. The standard InChI is InChI=1S/C30H37N3O8.ClH/c1-31(17-14-21-8-13-25(37-2)26(18-21)38-3)15-7-16-32(30(34)22-9-11-23(12-10-22)33(35)36)24-19-27(39-4)29(41-6)28(20-24)40-5;/h8-13,18-20H,7,14-17H2,1-6H3;1H. The number of halogens is 1. The van der Waals surface area contributed by atoms with Crippen LogP contribution >= 0.6 is 12.4 Å². The van der Waals surface area contributed by atoms with E-state index in [2.05, 4.69) is 4.90 Å². The van der Waals surface area contributed by atoms with Crippen LogP contribution < -0.4 is 28.6 Å². The van der Waals surface area contributed by atoms with Crippen molar-refractivity contribution in [1.82, 2.24) is 4.90 Å². The third-order valence-electron chi connectivity index (χ3n) is 6.68. The fourth-order valence-corrected chi connectivity index (χ4v) is 4.42. The van der Waals surface area contributed by atoms with Crippen molar-refractivity contribution in [2.45, 2.75) is 12.8 Å². The Morgan fingerprint density at radius 2 is 1.36 bits per heavy atom. The van der Waals surface area contributed by atoms with E-state index in [-0.39, 0.29) is 24.0 Å². The summed E-state index contributed by atoms with van der Waals surface area (Å²) in [4.78, 5) is 28.1.